The van der Waals surface area contributed by atoms with Crippen LogP contribution in [0.3, 0.4) is 0 Å². The summed E-state index contributed by atoms with van der Waals surface area (Å²) in [6, 6.07) is 2.04. The molecule has 1 N–H and O–H groups in total. The van der Waals surface area contributed by atoms with E-state index in [4.69, 9.17) is 0 Å². The van der Waals surface area contributed by atoms with Crippen LogP contribution in [0.2, 0.25) is 0 Å². The molecule has 0 unspecified atom stereocenters. The molecule has 0 saturated heterocycles. The summed E-state index contributed by atoms with van der Waals surface area (Å²) in [5, 5.41) is 6.70. The predicted molar refractivity (Wildman–Crippen MR) is 83.2 cm³/mol. The normalized spacial score (nSPS) is 10.9. The van der Waals surface area contributed by atoms with E-state index in [1.165, 1.54) is 16.7 Å². The summed E-state index contributed by atoms with van der Waals surface area (Å²) in [6.07, 6.45) is 3.70. The van der Waals surface area contributed by atoms with Gasteiger partial charge in [0.25, 0.3) is 0 Å². The maximum atomic E-state index is 4.55. The number of thiophene rings is 1. The fourth-order valence-corrected chi connectivity index (χ4v) is 3.16. The first-order valence-corrected chi connectivity index (χ1v) is 7.39. The van der Waals surface area contributed by atoms with Crippen molar-refractivity contribution in [3.05, 3.63) is 46.4 Å². The second-order valence-corrected chi connectivity index (χ2v) is 5.73. The summed E-state index contributed by atoms with van der Waals surface area (Å²) in [6.45, 7) is 6.84. The topological polar surface area (TPSA) is 50.7 Å². The van der Waals surface area contributed by atoms with Gasteiger partial charge in [-0.1, -0.05) is 0 Å². The summed E-state index contributed by atoms with van der Waals surface area (Å²) in [5.74, 6) is 1.72. The molecule has 0 amide bonds. The highest BCUT2D eigenvalue weighted by molar-refractivity contribution is 7.17. The highest BCUT2D eigenvalue weighted by Crippen LogP contribution is 2.29. The Hall–Kier alpha value is -2.01. The molecule has 20 heavy (non-hydrogen) atoms. The lowest BCUT2D eigenvalue weighted by Gasteiger charge is -2.10. The molecule has 0 aliphatic carbocycles. The van der Waals surface area contributed by atoms with E-state index in [0.717, 1.165) is 28.4 Å². The summed E-state index contributed by atoms with van der Waals surface area (Å²) in [7, 11) is 0. The van der Waals surface area contributed by atoms with Crippen molar-refractivity contribution >= 4 is 27.4 Å². The van der Waals surface area contributed by atoms with Crippen LogP contribution in [0, 0.1) is 20.8 Å². The van der Waals surface area contributed by atoms with Gasteiger partial charge >= 0.3 is 0 Å². The van der Waals surface area contributed by atoms with E-state index in [2.05, 4.69) is 39.5 Å². The van der Waals surface area contributed by atoms with Crippen molar-refractivity contribution in [2.24, 2.45) is 0 Å². The molecular weight excluding hydrogens is 268 g/mol. The maximum absolute atomic E-state index is 4.55. The van der Waals surface area contributed by atoms with Gasteiger partial charge in [-0.25, -0.2) is 9.97 Å². The monoisotopic (exact) mass is 284 g/mol. The lowest BCUT2D eigenvalue weighted by Crippen LogP contribution is -2.05. The quantitative estimate of drug-likeness (QED) is 0.798. The van der Waals surface area contributed by atoms with Gasteiger partial charge < -0.3 is 5.32 Å². The zero-order chi connectivity index (χ0) is 14.1. The minimum Gasteiger partial charge on any atom is -0.365 e. The Morgan fingerprint density at radius 2 is 2.00 bits per heavy atom. The minimum atomic E-state index is 0.745. The molecule has 3 aromatic rings. The Morgan fingerprint density at radius 3 is 2.80 bits per heavy atom. The number of hydrogen-bond acceptors (Lipinski definition) is 5. The highest BCUT2D eigenvalue weighted by atomic mass is 32.1. The summed E-state index contributed by atoms with van der Waals surface area (Å²) >= 11 is 1.67. The van der Waals surface area contributed by atoms with Crippen LogP contribution in [0.1, 0.15) is 22.5 Å². The molecule has 102 valence electrons. The molecular formula is C15H16N4S. The van der Waals surface area contributed by atoms with Crippen molar-refractivity contribution < 1.29 is 0 Å². The zero-order valence-electron chi connectivity index (χ0n) is 11.8. The van der Waals surface area contributed by atoms with Crippen LogP contribution < -0.4 is 5.32 Å². The van der Waals surface area contributed by atoms with Crippen LogP contribution in [0.4, 0.5) is 5.82 Å². The van der Waals surface area contributed by atoms with E-state index >= 15 is 0 Å². The Balaban J connectivity index is 1.95. The summed E-state index contributed by atoms with van der Waals surface area (Å²) < 4.78 is 0. The van der Waals surface area contributed by atoms with Crippen molar-refractivity contribution in [2.45, 2.75) is 27.3 Å². The fraction of sp³-hybridized carbons (Fsp3) is 0.267. The molecule has 4 nitrogen and oxygen atoms in total. The molecule has 3 heterocycles. The smallest absolute Gasteiger partial charge is 0.139 e. The number of fused-ring (bicyclic) bond motifs is 1. The van der Waals surface area contributed by atoms with Crippen LogP contribution in [-0.2, 0) is 6.54 Å². The Morgan fingerprint density at radius 1 is 1.15 bits per heavy atom. The standard InChI is InChI=1S/C15H16N4S/c1-9-6-16-5-4-12(9)7-17-14-13-10(2)8-20-15(13)19-11(3)18-14/h4-6,8H,7H2,1-3H3,(H,17,18,19). The van der Waals surface area contributed by atoms with Gasteiger partial charge in [-0.05, 0) is 48.9 Å². The van der Waals surface area contributed by atoms with Crippen LogP contribution in [0.25, 0.3) is 10.2 Å². The van der Waals surface area contributed by atoms with E-state index in [1.807, 2.05) is 25.4 Å². The number of aromatic nitrogens is 3. The van der Waals surface area contributed by atoms with Gasteiger partial charge in [-0.15, -0.1) is 11.3 Å². The first-order valence-electron chi connectivity index (χ1n) is 6.51. The Labute approximate surface area is 121 Å². The maximum Gasteiger partial charge on any atom is 0.139 e. The Kier molecular flexibility index (Phi) is 3.36. The molecule has 0 bridgehead atoms. The van der Waals surface area contributed by atoms with E-state index in [9.17, 15) is 0 Å². The average molecular weight is 284 g/mol. The molecule has 0 spiro atoms. The predicted octanol–water partition coefficient (Wildman–Crippen LogP) is 3.62. The van der Waals surface area contributed by atoms with Crippen LogP contribution in [-0.4, -0.2) is 15.0 Å². The van der Waals surface area contributed by atoms with Gasteiger partial charge in [0, 0.05) is 18.9 Å². The SMILES string of the molecule is Cc1nc(NCc2ccncc2C)c2c(C)csc2n1. The van der Waals surface area contributed by atoms with Crippen molar-refractivity contribution in [3.8, 4) is 0 Å². The highest BCUT2D eigenvalue weighted by Gasteiger charge is 2.10. The molecule has 0 fully saturated rings. The molecule has 0 aliphatic rings. The summed E-state index contributed by atoms with van der Waals surface area (Å²) in [5.41, 5.74) is 3.64. The van der Waals surface area contributed by atoms with Gasteiger partial charge in [-0.3, -0.25) is 4.98 Å². The van der Waals surface area contributed by atoms with Gasteiger partial charge in [0.2, 0.25) is 0 Å². The van der Waals surface area contributed by atoms with Crippen LogP contribution >= 0.6 is 11.3 Å². The van der Waals surface area contributed by atoms with Crippen molar-refractivity contribution in [1.82, 2.24) is 15.0 Å². The average Bonchev–Trinajstić information content (AvgIpc) is 2.79. The van der Waals surface area contributed by atoms with E-state index in [-0.39, 0.29) is 0 Å². The first kappa shape index (κ1) is 13.0. The fourth-order valence-electron chi connectivity index (χ4n) is 2.20. The third-order valence-electron chi connectivity index (χ3n) is 3.31. The number of hydrogen-bond donors (Lipinski definition) is 1. The number of pyridine rings is 1. The Bertz CT molecular complexity index is 764. The number of anilines is 1. The van der Waals surface area contributed by atoms with Crippen LogP contribution in [0.5, 0.6) is 0 Å². The minimum absolute atomic E-state index is 0.745. The van der Waals surface area contributed by atoms with Crippen molar-refractivity contribution in [2.75, 3.05) is 5.32 Å². The largest absolute Gasteiger partial charge is 0.365 e. The molecule has 0 aliphatic heterocycles. The number of nitrogens with zero attached hydrogens (tertiary/aromatic N) is 3. The molecule has 0 atom stereocenters. The molecule has 0 aromatic carbocycles. The second kappa shape index (κ2) is 5.17. The van der Waals surface area contributed by atoms with Gasteiger partial charge in [0.1, 0.15) is 16.5 Å². The molecule has 0 saturated carbocycles. The van der Waals surface area contributed by atoms with Crippen molar-refractivity contribution in [1.29, 1.82) is 0 Å². The molecule has 3 rings (SSSR count). The first-order chi connectivity index (χ1) is 9.65. The number of aryl methyl sites for hydroxylation is 3. The molecule has 5 heteroatoms. The lowest BCUT2D eigenvalue weighted by atomic mass is 10.1. The zero-order valence-corrected chi connectivity index (χ0v) is 12.6. The third kappa shape index (κ3) is 2.36. The number of nitrogens with one attached hydrogen (secondary N) is 1. The third-order valence-corrected chi connectivity index (χ3v) is 4.30. The van der Waals surface area contributed by atoms with Crippen molar-refractivity contribution in [3.63, 3.8) is 0 Å². The summed E-state index contributed by atoms with van der Waals surface area (Å²) in [4.78, 5) is 14.2. The van der Waals surface area contributed by atoms with Gasteiger partial charge in [0.05, 0.1) is 5.39 Å². The van der Waals surface area contributed by atoms with E-state index < -0.39 is 0 Å². The second-order valence-electron chi connectivity index (χ2n) is 4.87. The lowest BCUT2D eigenvalue weighted by molar-refractivity contribution is 1.04. The van der Waals surface area contributed by atoms with Gasteiger partial charge in [0.15, 0.2) is 0 Å². The molecule has 3 aromatic heterocycles. The molecule has 0 radical (unpaired) electrons. The van der Waals surface area contributed by atoms with E-state index in [1.54, 1.807) is 11.3 Å². The number of rotatable bonds is 3. The van der Waals surface area contributed by atoms with E-state index in [0.29, 0.717) is 0 Å². The van der Waals surface area contributed by atoms with Crippen LogP contribution in [0.15, 0.2) is 23.8 Å². The van der Waals surface area contributed by atoms with Gasteiger partial charge in [-0.2, -0.15) is 0 Å².